The first-order valence-corrected chi connectivity index (χ1v) is 4.56. The van der Waals surface area contributed by atoms with Gasteiger partial charge in [0.25, 0.3) is 0 Å². The van der Waals surface area contributed by atoms with Crippen LogP contribution in [0.15, 0.2) is 0 Å². The summed E-state index contributed by atoms with van der Waals surface area (Å²) < 4.78 is 5.11. The number of hydrogen-bond acceptors (Lipinski definition) is 3. The highest BCUT2D eigenvalue weighted by Crippen LogP contribution is 2.05. The Morgan fingerprint density at radius 1 is 1.33 bits per heavy atom. The second-order valence-corrected chi connectivity index (χ2v) is 3.50. The van der Waals surface area contributed by atoms with Gasteiger partial charge in [0.05, 0.1) is 19.8 Å². The summed E-state index contributed by atoms with van der Waals surface area (Å²) in [7, 11) is 0. The van der Waals surface area contributed by atoms with Crippen LogP contribution in [-0.2, 0) is 4.74 Å². The van der Waals surface area contributed by atoms with Gasteiger partial charge in [-0.25, -0.2) is 0 Å². The maximum Gasteiger partial charge on any atom is 0.0698 e. The minimum Gasteiger partial charge on any atom is -0.394 e. The first-order valence-electron chi connectivity index (χ1n) is 4.56. The third-order valence-electron chi connectivity index (χ3n) is 1.97. The lowest BCUT2D eigenvalue weighted by Gasteiger charge is -2.24. The predicted octanol–water partition coefficient (Wildman–Crippen LogP) is 0.774. The molecule has 0 unspecified atom stereocenters. The van der Waals surface area contributed by atoms with Gasteiger partial charge in [0.1, 0.15) is 0 Å². The van der Waals surface area contributed by atoms with E-state index in [0.717, 1.165) is 13.0 Å². The van der Waals surface area contributed by atoms with Crippen LogP contribution in [0.3, 0.4) is 0 Å². The van der Waals surface area contributed by atoms with E-state index in [9.17, 15) is 0 Å². The molecule has 3 heteroatoms. The Morgan fingerprint density at radius 3 is 2.50 bits per heavy atom. The van der Waals surface area contributed by atoms with Crippen LogP contribution in [0, 0.1) is 0 Å². The van der Waals surface area contributed by atoms with E-state index in [1.807, 2.05) is 0 Å². The van der Waals surface area contributed by atoms with E-state index in [1.165, 1.54) is 0 Å². The molecule has 0 rings (SSSR count). The van der Waals surface area contributed by atoms with E-state index < -0.39 is 0 Å². The maximum atomic E-state index is 8.43. The van der Waals surface area contributed by atoms with Crippen molar-refractivity contribution in [3.05, 3.63) is 0 Å². The second-order valence-electron chi connectivity index (χ2n) is 3.50. The highest BCUT2D eigenvalue weighted by atomic mass is 16.5. The summed E-state index contributed by atoms with van der Waals surface area (Å²) >= 11 is 0. The first kappa shape index (κ1) is 11.9. The molecule has 0 atom stereocenters. The van der Waals surface area contributed by atoms with E-state index in [0.29, 0.717) is 13.2 Å². The molecule has 0 aromatic carbocycles. The van der Waals surface area contributed by atoms with E-state index in [-0.39, 0.29) is 12.1 Å². The molecule has 0 heterocycles. The minimum absolute atomic E-state index is 0.108. The average molecular weight is 175 g/mol. The molecular formula is C9H21NO2. The third-order valence-corrected chi connectivity index (χ3v) is 1.97. The van der Waals surface area contributed by atoms with Gasteiger partial charge in [0.15, 0.2) is 0 Å². The molecule has 0 aliphatic rings. The molecule has 0 amide bonds. The molecule has 3 nitrogen and oxygen atoms in total. The van der Waals surface area contributed by atoms with Crippen molar-refractivity contribution in [1.29, 1.82) is 0 Å². The SMILES string of the molecule is CCC(C)(C)NCCOCCO. The Hall–Kier alpha value is -0.120. The molecule has 0 bridgehead atoms. The van der Waals surface area contributed by atoms with Crippen molar-refractivity contribution < 1.29 is 9.84 Å². The van der Waals surface area contributed by atoms with Gasteiger partial charge in [-0.2, -0.15) is 0 Å². The largest absolute Gasteiger partial charge is 0.394 e. The monoisotopic (exact) mass is 175 g/mol. The average Bonchev–Trinajstić information content (AvgIpc) is 2.04. The highest BCUT2D eigenvalue weighted by molar-refractivity contribution is 4.74. The normalized spacial score (nSPS) is 12.0. The van der Waals surface area contributed by atoms with Crippen molar-refractivity contribution in [2.45, 2.75) is 32.7 Å². The number of aliphatic hydroxyl groups excluding tert-OH is 1. The standard InChI is InChI=1S/C9H21NO2/c1-4-9(2,3)10-5-7-12-8-6-11/h10-11H,4-8H2,1-3H3. The van der Waals surface area contributed by atoms with Gasteiger partial charge < -0.3 is 15.2 Å². The van der Waals surface area contributed by atoms with Crippen molar-refractivity contribution in [2.24, 2.45) is 0 Å². The van der Waals surface area contributed by atoms with Gasteiger partial charge in [0, 0.05) is 12.1 Å². The molecule has 0 fully saturated rings. The van der Waals surface area contributed by atoms with Crippen LogP contribution in [0.2, 0.25) is 0 Å². The van der Waals surface area contributed by atoms with Crippen molar-refractivity contribution in [3.8, 4) is 0 Å². The Bertz CT molecular complexity index is 105. The molecular weight excluding hydrogens is 154 g/mol. The topological polar surface area (TPSA) is 41.5 Å². The van der Waals surface area contributed by atoms with Gasteiger partial charge in [-0.05, 0) is 20.3 Å². The molecule has 0 radical (unpaired) electrons. The molecule has 0 saturated carbocycles. The third kappa shape index (κ3) is 6.58. The highest BCUT2D eigenvalue weighted by Gasteiger charge is 2.12. The summed E-state index contributed by atoms with van der Waals surface area (Å²) in [6, 6.07) is 0. The van der Waals surface area contributed by atoms with Gasteiger partial charge in [-0.15, -0.1) is 0 Å². The fourth-order valence-corrected chi connectivity index (χ4v) is 0.753. The van der Waals surface area contributed by atoms with E-state index in [1.54, 1.807) is 0 Å². The predicted molar refractivity (Wildman–Crippen MR) is 50.3 cm³/mol. The summed E-state index contributed by atoms with van der Waals surface area (Å²) in [5.74, 6) is 0. The number of ether oxygens (including phenoxy) is 1. The lowest BCUT2D eigenvalue weighted by atomic mass is 10.0. The van der Waals surface area contributed by atoms with Gasteiger partial charge in [-0.1, -0.05) is 6.92 Å². The van der Waals surface area contributed by atoms with Crippen LogP contribution in [0.5, 0.6) is 0 Å². The van der Waals surface area contributed by atoms with Crippen LogP contribution in [-0.4, -0.2) is 37.0 Å². The van der Waals surface area contributed by atoms with Crippen molar-refractivity contribution in [2.75, 3.05) is 26.4 Å². The molecule has 74 valence electrons. The van der Waals surface area contributed by atoms with E-state index in [4.69, 9.17) is 9.84 Å². The van der Waals surface area contributed by atoms with Crippen molar-refractivity contribution in [3.63, 3.8) is 0 Å². The van der Waals surface area contributed by atoms with Gasteiger partial charge in [-0.3, -0.25) is 0 Å². The van der Waals surface area contributed by atoms with Gasteiger partial charge in [0.2, 0.25) is 0 Å². The lowest BCUT2D eigenvalue weighted by Crippen LogP contribution is -2.40. The van der Waals surface area contributed by atoms with Crippen LogP contribution in [0.1, 0.15) is 27.2 Å². The zero-order valence-corrected chi connectivity index (χ0v) is 8.39. The summed E-state index contributed by atoms with van der Waals surface area (Å²) in [5.41, 5.74) is 0.197. The Morgan fingerprint density at radius 2 is 2.00 bits per heavy atom. The van der Waals surface area contributed by atoms with Crippen molar-refractivity contribution in [1.82, 2.24) is 5.32 Å². The summed E-state index contributed by atoms with van der Waals surface area (Å²) in [4.78, 5) is 0. The zero-order valence-electron chi connectivity index (χ0n) is 8.39. The summed E-state index contributed by atoms with van der Waals surface area (Å²) in [6.45, 7) is 8.55. The Balaban J connectivity index is 3.19. The first-order chi connectivity index (χ1) is 5.62. The maximum absolute atomic E-state index is 8.43. The zero-order chi connectivity index (χ0) is 9.45. The number of rotatable bonds is 7. The number of hydrogen-bond donors (Lipinski definition) is 2. The lowest BCUT2D eigenvalue weighted by molar-refractivity contribution is 0.0903. The fraction of sp³-hybridized carbons (Fsp3) is 1.00. The van der Waals surface area contributed by atoms with E-state index in [2.05, 4.69) is 26.1 Å². The van der Waals surface area contributed by atoms with Gasteiger partial charge >= 0.3 is 0 Å². The minimum atomic E-state index is 0.108. The fourth-order valence-electron chi connectivity index (χ4n) is 0.753. The molecule has 0 spiro atoms. The van der Waals surface area contributed by atoms with E-state index >= 15 is 0 Å². The van der Waals surface area contributed by atoms with Crippen molar-refractivity contribution >= 4 is 0 Å². The quantitative estimate of drug-likeness (QED) is 0.562. The molecule has 12 heavy (non-hydrogen) atoms. The number of aliphatic hydroxyl groups is 1. The Kier molecular flexibility index (Phi) is 6.34. The smallest absolute Gasteiger partial charge is 0.0698 e. The number of nitrogens with one attached hydrogen (secondary N) is 1. The molecule has 0 saturated heterocycles. The van der Waals surface area contributed by atoms with Crippen LogP contribution in [0.4, 0.5) is 0 Å². The second kappa shape index (κ2) is 6.40. The molecule has 0 aliphatic carbocycles. The Labute approximate surface area is 75.1 Å². The molecule has 0 aromatic rings. The van der Waals surface area contributed by atoms with Crippen LogP contribution < -0.4 is 5.32 Å². The molecule has 2 N–H and O–H groups in total. The summed E-state index contributed by atoms with van der Waals surface area (Å²) in [6.07, 6.45) is 1.10. The van der Waals surface area contributed by atoms with Crippen LogP contribution in [0.25, 0.3) is 0 Å². The molecule has 0 aliphatic heterocycles. The molecule has 0 aromatic heterocycles. The summed E-state index contributed by atoms with van der Waals surface area (Å²) in [5, 5.41) is 11.8. The van der Waals surface area contributed by atoms with Crippen LogP contribution >= 0.6 is 0 Å².